The van der Waals surface area contributed by atoms with Crippen molar-refractivity contribution < 1.29 is 22.7 Å². The third-order valence-corrected chi connectivity index (χ3v) is 6.09. The van der Waals surface area contributed by atoms with E-state index in [1.165, 1.54) is 28.6 Å². The third-order valence-electron chi connectivity index (χ3n) is 4.06. The minimum absolute atomic E-state index is 0.147. The zero-order valence-corrected chi connectivity index (χ0v) is 13.6. The van der Waals surface area contributed by atoms with Gasteiger partial charge >= 0.3 is 0 Å². The van der Waals surface area contributed by atoms with Gasteiger partial charge in [0.1, 0.15) is 0 Å². The number of amides is 2. The molecule has 1 aromatic carbocycles. The van der Waals surface area contributed by atoms with E-state index in [0.717, 1.165) is 4.90 Å². The van der Waals surface area contributed by atoms with Crippen LogP contribution in [0.25, 0.3) is 0 Å². The highest BCUT2D eigenvalue weighted by atomic mass is 32.2. The lowest BCUT2D eigenvalue weighted by molar-refractivity contribution is -0.121. The molecule has 23 heavy (non-hydrogen) atoms. The van der Waals surface area contributed by atoms with E-state index in [2.05, 4.69) is 0 Å². The van der Waals surface area contributed by atoms with Gasteiger partial charge in [0.25, 0.3) is 0 Å². The summed E-state index contributed by atoms with van der Waals surface area (Å²) in [7, 11) is -3.61. The van der Waals surface area contributed by atoms with Crippen molar-refractivity contribution in [3.8, 4) is 0 Å². The molecule has 0 bridgehead atoms. The molecule has 2 fully saturated rings. The van der Waals surface area contributed by atoms with Gasteiger partial charge in [0.2, 0.25) is 21.8 Å². The first-order valence-corrected chi connectivity index (χ1v) is 8.91. The second-order valence-corrected chi connectivity index (χ2v) is 7.55. The number of carbonyl (C=O) groups excluding carboxylic acids is 2. The maximum Gasteiger partial charge on any atom is 0.243 e. The highest BCUT2D eigenvalue weighted by Gasteiger charge is 2.33. The number of hydrogen-bond donors (Lipinski definition) is 0. The summed E-state index contributed by atoms with van der Waals surface area (Å²) in [5.74, 6) is -0.514. The molecule has 2 aliphatic rings. The molecule has 124 valence electrons. The number of sulfonamides is 1. The van der Waals surface area contributed by atoms with Gasteiger partial charge in [0.05, 0.1) is 23.8 Å². The molecule has 0 radical (unpaired) electrons. The molecular weight excluding hydrogens is 320 g/mol. The number of hydrogen-bond acceptors (Lipinski definition) is 5. The van der Waals surface area contributed by atoms with E-state index in [1.807, 2.05) is 0 Å². The highest BCUT2D eigenvalue weighted by molar-refractivity contribution is 7.89. The molecule has 0 saturated carbocycles. The summed E-state index contributed by atoms with van der Waals surface area (Å²) >= 11 is 0. The normalized spacial score (nSPS) is 23.5. The van der Waals surface area contributed by atoms with Gasteiger partial charge < -0.3 is 4.74 Å². The number of morpholine rings is 1. The van der Waals surface area contributed by atoms with Gasteiger partial charge in [-0.3, -0.25) is 14.5 Å². The maximum atomic E-state index is 12.7. The number of ether oxygens (including phenoxy) is 1. The number of rotatable bonds is 3. The van der Waals surface area contributed by atoms with Crippen LogP contribution in [-0.2, 0) is 24.3 Å². The molecule has 1 unspecified atom stereocenters. The minimum Gasteiger partial charge on any atom is -0.378 e. The second kappa shape index (κ2) is 6.03. The zero-order chi connectivity index (χ0) is 16.6. The number of benzene rings is 1. The highest BCUT2D eigenvalue weighted by Crippen LogP contribution is 2.26. The number of nitrogens with zero attached hydrogens (tertiary/aromatic N) is 2. The predicted octanol–water partition coefficient (Wildman–Crippen LogP) is 0.749. The molecular formula is C15H18N2O5S. The number of imide groups is 1. The summed E-state index contributed by atoms with van der Waals surface area (Å²) in [6, 6.07) is 5.64. The van der Waals surface area contributed by atoms with Crippen molar-refractivity contribution in [2.45, 2.75) is 30.7 Å². The average Bonchev–Trinajstić information content (AvgIpc) is 2.86. The van der Waals surface area contributed by atoms with Crippen LogP contribution in [0.15, 0.2) is 29.2 Å². The fraction of sp³-hybridized carbons (Fsp3) is 0.467. The lowest BCUT2D eigenvalue weighted by atomic mass is 10.3. The Labute approximate surface area is 134 Å². The molecule has 1 aromatic rings. The van der Waals surface area contributed by atoms with Gasteiger partial charge in [0.15, 0.2) is 0 Å². The van der Waals surface area contributed by atoms with Crippen LogP contribution in [0.3, 0.4) is 0 Å². The van der Waals surface area contributed by atoms with Gasteiger partial charge in [-0.1, -0.05) is 0 Å². The summed E-state index contributed by atoms with van der Waals surface area (Å²) < 4.78 is 32.0. The van der Waals surface area contributed by atoms with Crippen LogP contribution in [0, 0.1) is 0 Å². The van der Waals surface area contributed by atoms with Gasteiger partial charge in [-0.15, -0.1) is 0 Å². The lowest BCUT2D eigenvalue weighted by Crippen LogP contribution is -2.46. The van der Waals surface area contributed by atoms with Crippen LogP contribution in [-0.4, -0.2) is 50.3 Å². The molecule has 0 N–H and O–H groups in total. The van der Waals surface area contributed by atoms with Crippen LogP contribution in [0.5, 0.6) is 0 Å². The van der Waals surface area contributed by atoms with E-state index in [9.17, 15) is 18.0 Å². The SMILES string of the molecule is CC1COCCN1S(=O)(=O)c1ccc(N2C(=O)CCC2=O)cc1. The molecule has 8 heteroatoms. The zero-order valence-electron chi connectivity index (χ0n) is 12.8. The molecule has 2 heterocycles. The van der Waals surface area contributed by atoms with Crippen LogP contribution in [0.4, 0.5) is 5.69 Å². The average molecular weight is 338 g/mol. The Morgan fingerprint density at radius 1 is 1.09 bits per heavy atom. The number of anilines is 1. The minimum atomic E-state index is -3.61. The Balaban J connectivity index is 1.87. The summed E-state index contributed by atoms with van der Waals surface area (Å²) in [4.78, 5) is 24.7. The first-order valence-electron chi connectivity index (χ1n) is 7.46. The summed E-state index contributed by atoms with van der Waals surface area (Å²) in [5, 5.41) is 0. The van der Waals surface area contributed by atoms with Crippen LogP contribution >= 0.6 is 0 Å². The van der Waals surface area contributed by atoms with E-state index < -0.39 is 10.0 Å². The van der Waals surface area contributed by atoms with Crippen LogP contribution in [0.1, 0.15) is 19.8 Å². The molecule has 7 nitrogen and oxygen atoms in total. The van der Waals surface area contributed by atoms with Crippen molar-refractivity contribution in [1.82, 2.24) is 4.31 Å². The second-order valence-electron chi connectivity index (χ2n) is 5.66. The largest absolute Gasteiger partial charge is 0.378 e. The van der Waals surface area contributed by atoms with Gasteiger partial charge in [0, 0.05) is 25.4 Å². The van der Waals surface area contributed by atoms with Gasteiger partial charge in [-0.25, -0.2) is 8.42 Å². The molecule has 2 aliphatic heterocycles. The van der Waals surface area contributed by atoms with E-state index in [-0.39, 0.29) is 35.6 Å². The molecule has 1 atom stereocenters. The monoisotopic (exact) mass is 338 g/mol. The fourth-order valence-electron chi connectivity index (χ4n) is 2.84. The molecule has 2 saturated heterocycles. The Bertz CT molecular complexity index is 713. The molecule has 0 aliphatic carbocycles. The van der Waals surface area contributed by atoms with Crippen molar-refractivity contribution in [2.75, 3.05) is 24.7 Å². The smallest absolute Gasteiger partial charge is 0.243 e. The standard InChI is InChI=1S/C15H18N2O5S/c1-11-10-22-9-8-16(11)23(20,21)13-4-2-12(3-5-13)17-14(18)6-7-15(17)19/h2-5,11H,6-10H2,1H3. The molecule has 2 amide bonds. The quantitative estimate of drug-likeness (QED) is 0.760. The summed E-state index contributed by atoms with van der Waals surface area (Å²) in [6.45, 7) is 2.85. The molecule has 0 spiro atoms. The van der Waals surface area contributed by atoms with Crippen molar-refractivity contribution in [2.24, 2.45) is 0 Å². The Hall–Kier alpha value is -1.77. The van der Waals surface area contributed by atoms with E-state index >= 15 is 0 Å². The predicted molar refractivity (Wildman–Crippen MR) is 82.3 cm³/mol. The maximum absolute atomic E-state index is 12.7. The van der Waals surface area contributed by atoms with Crippen LogP contribution in [0.2, 0.25) is 0 Å². The third kappa shape index (κ3) is 2.89. The summed E-state index contributed by atoms with van der Waals surface area (Å²) in [6.07, 6.45) is 0.397. The lowest BCUT2D eigenvalue weighted by Gasteiger charge is -2.32. The molecule has 0 aromatic heterocycles. The van der Waals surface area contributed by atoms with Crippen molar-refractivity contribution >= 4 is 27.5 Å². The first-order chi connectivity index (χ1) is 10.9. The van der Waals surface area contributed by atoms with E-state index in [4.69, 9.17) is 4.74 Å². The Kier molecular flexibility index (Phi) is 4.22. The summed E-state index contributed by atoms with van der Waals surface area (Å²) in [5.41, 5.74) is 0.409. The van der Waals surface area contributed by atoms with Gasteiger partial charge in [-0.2, -0.15) is 4.31 Å². The van der Waals surface area contributed by atoms with Crippen LogP contribution < -0.4 is 4.90 Å². The van der Waals surface area contributed by atoms with Gasteiger partial charge in [-0.05, 0) is 31.2 Å². The number of carbonyl (C=O) groups is 2. The van der Waals surface area contributed by atoms with E-state index in [1.54, 1.807) is 6.92 Å². The molecule has 3 rings (SSSR count). The van der Waals surface area contributed by atoms with Crippen molar-refractivity contribution in [3.63, 3.8) is 0 Å². The fourth-order valence-corrected chi connectivity index (χ4v) is 4.44. The first kappa shape index (κ1) is 16.1. The topological polar surface area (TPSA) is 84.0 Å². The van der Waals surface area contributed by atoms with Crippen molar-refractivity contribution in [3.05, 3.63) is 24.3 Å². The Morgan fingerprint density at radius 3 is 2.26 bits per heavy atom. The Morgan fingerprint density at radius 2 is 1.70 bits per heavy atom. The van der Waals surface area contributed by atoms with Crippen molar-refractivity contribution in [1.29, 1.82) is 0 Å². The van der Waals surface area contributed by atoms with E-state index in [0.29, 0.717) is 25.4 Å².